The Morgan fingerprint density at radius 3 is 2.75 bits per heavy atom. The number of nitrogens with zero attached hydrogens (tertiary/aromatic N) is 3. The Balaban J connectivity index is 1.50. The average molecular weight is 378 g/mol. The maximum absolute atomic E-state index is 12.6. The van der Waals surface area contributed by atoms with E-state index < -0.39 is 11.7 Å². The molecule has 4 rings (SSSR count). The number of hydrogen-bond acceptors (Lipinski definition) is 5. The van der Waals surface area contributed by atoms with Gasteiger partial charge in [-0.05, 0) is 62.9 Å². The highest BCUT2D eigenvalue weighted by Crippen LogP contribution is 2.47. The molecule has 0 unspecified atom stereocenters. The number of fused-ring (bicyclic) bond motifs is 1. The minimum Gasteiger partial charge on any atom is -0.442 e. The number of ether oxygens (including phenoxy) is 1. The van der Waals surface area contributed by atoms with E-state index in [1.54, 1.807) is 39.2 Å². The highest BCUT2D eigenvalue weighted by Gasteiger charge is 2.44. The summed E-state index contributed by atoms with van der Waals surface area (Å²) in [6, 6.07) is 9.25. The van der Waals surface area contributed by atoms with Gasteiger partial charge in [0.25, 0.3) is 0 Å². The fraction of sp³-hybridized carbons (Fsp3) is 0.333. The third-order valence-corrected chi connectivity index (χ3v) is 4.64. The topological polar surface area (TPSA) is 86.1 Å². The van der Waals surface area contributed by atoms with E-state index in [4.69, 9.17) is 4.74 Å². The summed E-state index contributed by atoms with van der Waals surface area (Å²) in [5.41, 5.74) is 1.68. The minimum absolute atomic E-state index is 0.0310. The van der Waals surface area contributed by atoms with Crippen molar-refractivity contribution < 1.29 is 14.3 Å². The van der Waals surface area contributed by atoms with Crippen LogP contribution in [0.15, 0.2) is 48.9 Å². The van der Waals surface area contributed by atoms with Gasteiger partial charge in [0.15, 0.2) is 0 Å². The van der Waals surface area contributed by atoms with Crippen LogP contribution in [-0.4, -0.2) is 32.4 Å². The summed E-state index contributed by atoms with van der Waals surface area (Å²) < 4.78 is 6.60. The van der Waals surface area contributed by atoms with Gasteiger partial charge in [-0.1, -0.05) is 6.07 Å². The Bertz CT molecular complexity index is 1040. The molecule has 7 nitrogen and oxygen atoms in total. The molecule has 7 heteroatoms. The molecule has 0 aliphatic heterocycles. The number of anilines is 1. The molecule has 144 valence electrons. The number of aromatic nitrogens is 3. The summed E-state index contributed by atoms with van der Waals surface area (Å²) >= 11 is 0. The van der Waals surface area contributed by atoms with Crippen LogP contribution >= 0.6 is 0 Å². The molecule has 1 saturated carbocycles. The number of carbonyl (C=O) groups is 2. The van der Waals surface area contributed by atoms with Crippen LogP contribution in [0.3, 0.4) is 0 Å². The van der Waals surface area contributed by atoms with Gasteiger partial charge in [-0.15, -0.1) is 0 Å². The SMILES string of the molecule is CC(C)(C)OC(=O)n1ncc2ccc(NC(=O)[C@H]3C[C@@H]3c3cccnc3)cc21. The molecule has 0 spiro atoms. The number of carbonyl (C=O) groups excluding carboxylic acids is 2. The van der Waals surface area contributed by atoms with Crippen molar-refractivity contribution in [2.24, 2.45) is 5.92 Å². The van der Waals surface area contributed by atoms with E-state index in [1.165, 1.54) is 4.68 Å². The highest BCUT2D eigenvalue weighted by molar-refractivity contribution is 5.98. The predicted molar refractivity (Wildman–Crippen MR) is 105 cm³/mol. The molecule has 2 heterocycles. The quantitative estimate of drug-likeness (QED) is 0.746. The lowest BCUT2D eigenvalue weighted by molar-refractivity contribution is -0.117. The zero-order chi connectivity index (χ0) is 19.9. The van der Waals surface area contributed by atoms with Crippen LogP contribution in [0.4, 0.5) is 10.5 Å². The van der Waals surface area contributed by atoms with Gasteiger partial charge in [-0.3, -0.25) is 9.78 Å². The predicted octanol–water partition coefficient (Wildman–Crippen LogP) is 3.96. The Hall–Kier alpha value is -3.22. The monoisotopic (exact) mass is 378 g/mol. The van der Waals surface area contributed by atoms with Gasteiger partial charge in [0.2, 0.25) is 5.91 Å². The van der Waals surface area contributed by atoms with Crippen molar-refractivity contribution >= 4 is 28.6 Å². The molecule has 3 aromatic rings. The molecule has 0 radical (unpaired) electrons. The molecule has 2 aromatic heterocycles. The van der Waals surface area contributed by atoms with Gasteiger partial charge < -0.3 is 10.1 Å². The van der Waals surface area contributed by atoms with Gasteiger partial charge in [-0.2, -0.15) is 9.78 Å². The maximum atomic E-state index is 12.6. The minimum atomic E-state index is -0.617. The average Bonchev–Trinajstić information content (AvgIpc) is 3.34. The van der Waals surface area contributed by atoms with Gasteiger partial charge in [0.05, 0.1) is 11.7 Å². The molecule has 1 aromatic carbocycles. The second-order valence-corrected chi connectivity index (χ2v) is 8.03. The molecule has 28 heavy (non-hydrogen) atoms. The molecule has 1 amide bonds. The van der Waals surface area contributed by atoms with Crippen LogP contribution in [0.1, 0.15) is 38.7 Å². The number of benzene rings is 1. The Morgan fingerprint density at radius 2 is 2.04 bits per heavy atom. The number of rotatable bonds is 3. The molecule has 1 aliphatic carbocycles. The van der Waals surface area contributed by atoms with Gasteiger partial charge in [0, 0.05) is 29.4 Å². The molecule has 2 atom stereocenters. The fourth-order valence-corrected chi connectivity index (χ4v) is 3.23. The highest BCUT2D eigenvalue weighted by atomic mass is 16.6. The first-order valence-corrected chi connectivity index (χ1v) is 9.24. The van der Waals surface area contributed by atoms with Crippen molar-refractivity contribution in [3.8, 4) is 0 Å². The van der Waals surface area contributed by atoms with Crippen LogP contribution in [0, 0.1) is 5.92 Å². The first kappa shape index (κ1) is 18.2. The summed E-state index contributed by atoms with van der Waals surface area (Å²) in [7, 11) is 0. The first-order valence-electron chi connectivity index (χ1n) is 9.24. The Kier molecular flexibility index (Phi) is 4.37. The van der Waals surface area contributed by atoms with E-state index in [0.717, 1.165) is 17.4 Å². The number of amides is 1. The van der Waals surface area contributed by atoms with Crippen molar-refractivity contribution in [1.82, 2.24) is 14.8 Å². The van der Waals surface area contributed by atoms with E-state index in [1.807, 2.05) is 30.5 Å². The Morgan fingerprint density at radius 1 is 1.21 bits per heavy atom. The largest absolute Gasteiger partial charge is 0.442 e. The van der Waals surface area contributed by atoms with Crippen molar-refractivity contribution in [1.29, 1.82) is 0 Å². The lowest BCUT2D eigenvalue weighted by Crippen LogP contribution is -2.27. The number of nitrogens with one attached hydrogen (secondary N) is 1. The first-order chi connectivity index (χ1) is 13.3. The van der Waals surface area contributed by atoms with Gasteiger partial charge >= 0.3 is 6.09 Å². The molecule has 0 bridgehead atoms. The van der Waals surface area contributed by atoms with Crippen LogP contribution in [-0.2, 0) is 9.53 Å². The van der Waals surface area contributed by atoms with E-state index in [-0.39, 0.29) is 17.7 Å². The van der Waals surface area contributed by atoms with Crippen molar-refractivity contribution in [3.63, 3.8) is 0 Å². The van der Waals surface area contributed by atoms with Crippen LogP contribution in [0.25, 0.3) is 10.9 Å². The molecular formula is C21H22N4O3. The molecule has 1 aliphatic rings. The zero-order valence-electron chi connectivity index (χ0n) is 16.0. The standard InChI is InChI=1S/C21H22N4O3/c1-21(2,3)28-20(27)25-18-9-15(7-6-14(18)12-23-25)24-19(26)17-10-16(17)13-5-4-8-22-11-13/h4-9,11-12,16-17H,10H2,1-3H3,(H,24,26)/t16-,17+/m1/s1. The summed E-state index contributed by atoms with van der Waals surface area (Å²) in [6.45, 7) is 5.41. The van der Waals surface area contributed by atoms with Crippen LogP contribution in [0.5, 0.6) is 0 Å². The van der Waals surface area contributed by atoms with E-state index in [9.17, 15) is 9.59 Å². The second kappa shape index (κ2) is 6.74. The smallest absolute Gasteiger partial charge is 0.435 e. The molecule has 1 N–H and O–H groups in total. The molecule has 1 fully saturated rings. The second-order valence-electron chi connectivity index (χ2n) is 8.03. The van der Waals surface area contributed by atoms with Crippen molar-refractivity contribution in [2.45, 2.75) is 38.7 Å². The molecular weight excluding hydrogens is 356 g/mol. The molecule has 0 saturated heterocycles. The van der Waals surface area contributed by atoms with Gasteiger partial charge in [-0.25, -0.2) is 4.79 Å². The van der Waals surface area contributed by atoms with Crippen LogP contribution in [0.2, 0.25) is 0 Å². The van der Waals surface area contributed by atoms with Crippen LogP contribution < -0.4 is 5.32 Å². The van der Waals surface area contributed by atoms with E-state index in [0.29, 0.717) is 11.2 Å². The summed E-state index contributed by atoms with van der Waals surface area (Å²) in [5, 5.41) is 7.86. The number of pyridine rings is 1. The summed E-state index contributed by atoms with van der Waals surface area (Å²) in [5.74, 6) is 0.122. The normalized spacial score (nSPS) is 18.7. The van der Waals surface area contributed by atoms with Crippen molar-refractivity contribution in [2.75, 3.05) is 5.32 Å². The van der Waals surface area contributed by atoms with E-state index in [2.05, 4.69) is 15.4 Å². The summed E-state index contributed by atoms with van der Waals surface area (Å²) in [4.78, 5) is 29.1. The number of hydrogen-bond donors (Lipinski definition) is 1. The lowest BCUT2D eigenvalue weighted by Gasteiger charge is -2.19. The maximum Gasteiger partial charge on any atom is 0.435 e. The van der Waals surface area contributed by atoms with Crippen molar-refractivity contribution in [3.05, 3.63) is 54.5 Å². The summed E-state index contributed by atoms with van der Waals surface area (Å²) in [6.07, 6.45) is 5.40. The zero-order valence-corrected chi connectivity index (χ0v) is 16.0. The third-order valence-electron chi connectivity index (χ3n) is 4.64. The van der Waals surface area contributed by atoms with Gasteiger partial charge in [0.1, 0.15) is 5.60 Å². The lowest BCUT2D eigenvalue weighted by atomic mass is 10.1. The Labute approximate surface area is 162 Å². The van der Waals surface area contributed by atoms with E-state index >= 15 is 0 Å². The fourth-order valence-electron chi connectivity index (χ4n) is 3.23. The third kappa shape index (κ3) is 3.74.